The third kappa shape index (κ3) is 3.16. The van der Waals surface area contributed by atoms with E-state index in [1.807, 2.05) is 0 Å². The third-order valence-corrected chi connectivity index (χ3v) is 9.73. The van der Waals surface area contributed by atoms with E-state index in [2.05, 4.69) is 52.8 Å². The average molecular weight is 383 g/mol. The molecule has 3 fully saturated rings. The van der Waals surface area contributed by atoms with Crippen LogP contribution in [0, 0.1) is 46.3 Å². The van der Waals surface area contributed by atoms with Crippen molar-refractivity contribution in [2.45, 2.75) is 92.4 Å². The van der Waals surface area contributed by atoms with Gasteiger partial charge in [-0.2, -0.15) is 0 Å². The molecule has 0 amide bonds. The summed E-state index contributed by atoms with van der Waals surface area (Å²) in [4.78, 5) is 13.1. The Bertz CT molecular complexity index is 670. The van der Waals surface area contributed by atoms with Crippen LogP contribution in [-0.4, -0.2) is 5.78 Å². The van der Waals surface area contributed by atoms with Crippen molar-refractivity contribution in [2.24, 2.45) is 46.3 Å². The Hall–Kier alpha value is -0.850. The number of ketones is 1. The lowest BCUT2D eigenvalue weighted by atomic mass is 9.46. The van der Waals surface area contributed by atoms with Crippen LogP contribution in [0.1, 0.15) is 92.4 Å². The van der Waals surface area contributed by atoms with Crippen molar-refractivity contribution in [1.82, 2.24) is 0 Å². The lowest BCUT2D eigenvalue weighted by molar-refractivity contribution is -0.128. The topological polar surface area (TPSA) is 17.1 Å². The molecule has 7 atom stereocenters. The van der Waals surface area contributed by atoms with Gasteiger partial charge in [0.05, 0.1) is 0 Å². The Morgan fingerprint density at radius 3 is 2.61 bits per heavy atom. The summed E-state index contributed by atoms with van der Waals surface area (Å²) in [5.74, 6) is 5.13. The highest BCUT2D eigenvalue weighted by atomic mass is 16.1. The number of Topliss-reactive ketones (excluding diaryl/α,β-unsaturated/α-hetero) is 1. The van der Waals surface area contributed by atoms with Gasteiger partial charge >= 0.3 is 0 Å². The summed E-state index contributed by atoms with van der Waals surface area (Å²) in [7, 11) is 0. The predicted molar refractivity (Wildman–Crippen MR) is 118 cm³/mol. The van der Waals surface area contributed by atoms with Crippen LogP contribution in [0.3, 0.4) is 0 Å². The minimum Gasteiger partial charge on any atom is -0.295 e. The van der Waals surface area contributed by atoms with Gasteiger partial charge in [0.2, 0.25) is 0 Å². The molecular formula is C27H42O. The van der Waals surface area contributed by atoms with Crippen molar-refractivity contribution >= 4 is 5.78 Å². The van der Waals surface area contributed by atoms with Crippen LogP contribution in [0.2, 0.25) is 0 Å². The summed E-state index contributed by atoms with van der Waals surface area (Å²) in [6.45, 7) is 12.3. The molecule has 1 heteroatoms. The first-order valence-corrected chi connectivity index (χ1v) is 12.2. The van der Waals surface area contributed by atoms with Crippen molar-refractivity contribution < 1.29 is 4.79 Å². The highest BCUT2D eigenvalue weighted by molar-refractivity contribution is 5.98. The van der Waals surface area contributed by atoms with E-state index in [1.165, 1.54) is 44.9 Å². The summed E-state index contributed by atoms with van der Waals surface area (Å²) >= 11 is 0. The highest BCUT2D eigenvalue weighted by Gasteiger charge is 2.60. The molecule has 4 aliphatic carbocycles. The molecule has 0 bridgehead atoms. The zero-order valence-electron chi connectivity index (χ0n) is 19.0. The molecule has 0 aliphatic heterocycles. The fourth-order valence-corrected chi connectivity index (χ4v) is 8.25. The van der Waals surface area contributed by atoms with Gasteiger partial charge in [0.1, 0.15) is 0 Å². The van der Waals surface area contributed by atoms with Crippen LogP contribution in [0.4, 0.5) is 0 Å². The summed E-state index contributed by atoms with van der Waals surface area (Å²) in [5.41, 5.74) is 1.73. The van der Waals surface area contributed by atoms with Crippen LogP contribution in [0.15, 0.2) is 23.8 Å². The Balaban J connectivity index is 1.52. The minimum atomic E-state index is 0.108. The molecule has 4 rings (SSSR count). The Morgan fingerprint density at radius 2 is 1.86 bits per heavy atom. The Kier molecular flexibility index (Phi) is 5.43. The maximum atomic E-state index is 13.1. The van der Waals surface area contributed by atoms with Crippen molar-refractivity contribution in [1.29, 1.82) is 0 Å². The van der Waals surface area contributed by atoms with E-state index in [0.29, 0.717) is 17.1 Å². The number of hydrogen-bond donors (Lipinski definition) is 0. The number of hydrogen-bond acceptors (Lipinski definition) is 1. The third-order valence-electron chi connectivity index (χ3n) is 9.73. The van der Waals surface area contributed by atoms with Gasteiger partial charge in [-0.25, -0.2) is 0 Å². The van der Waals surface area contributed by atoms with Gasteiger partial charge in [0.15, 0.2) is 5.78 Å². The minimum absolute atomic E-state index is 0.108. The Labute approximate surface area is 173 Å². The summed E-state index contributed by atoms with van der Waals surface area (Å²) in [6, 6.07) is 0. The molecule has 4 aliphatic rings. The second-order valence-corrected chi connectivity index (χ2v) is 11.7. The molecule has 0 aromatic heterocycles. The lowest BCUT2D eigenvalue weighted by Crippen LogP contribution is -2.52. The SMILES string of the molecule is CC(C)CCC[C@@H](C)[C@H]1CC[C@H]2[C@@H]3CC(=O)C4=CC=CC[C@]4(C)[C@H]3CC[C@]12C. The van der Waals surface area contributed by atoms with Crippen LogP contribution < -0.4 is 0 Å². The van der Waals surface area contributed by atoms with Gasteiger partial charge in [-0.15, -0.1) is 0 Å². The molecule has 0 aromatic rings. The molecule has 0 saturated heterocycles. The smallest absolute Gasteiger partial charge is 0.159 e. The van der Waals surface area contributed by atoms with Crippen molar-refractivity contribution in [3.8, 4) is 0 Å². The summed E-state index contributed by atoms with van der Waals surface area (Å²) < 4.78 is 0. The largest absolute Gasteiger partial charge is 0.295 e. The molecule has 0 radical (unpaired) electrons. The molecule has 28 heavy (non-hydrogen) atoms. The molecule has 156 valence electrons. The molecule has 0 unspecified atom stereocenters. The van der Waals surface area contributed by atoms with Crippen LogP contribution in [0.5, 0.6) is 0 Å². The second-order valence-electron chi connectivity index (χ2n) is 11.7. The molecule has 0 N–H and O–H groups in total. The summed E-state index contributed by atoms with van der Waals surface area (Å²) in [6.07, 6.45) is 18.1. The van der Waals surface area contributed by atoms with Gasteiger partial charge in [-0.3, -0.25) is 4.79 Å². The molecular weight excluding hydrogens is 340 g/mol. The van der Waals surface area contributed by atoms with Gasteiger partial charge in [0.25, 0.3) is 0 Å². The van der Waals surface area contributed by atoms with Crippen molar-refractivity contribution in [3.63, 3.8) is 0 Å². The van der Waals surface area contributed by atoms with E-state index in [4.69, 9.17) is 0 Å². The lowest BCUT2D eigenvalue weighted by Gasteiger charge is -2.57. The van der Waals surface area contributed by atoms with E-state index >= 15 is 0 Å². The van der Waals surface area contributed by atoms with E-state index in [9.17, 15) is 4.79 Å². The van der Waals surface area contributed by atoms with Crippen LogP contribution in [0.25, 0.3) is 0 Å². The number of fused-ring (bicyclic) bond motifs is 5. The average Bonchev–Trinajstić information content (AvgIpc) is 2.99. The molecule has 0 aromatic carbocycles. The second kappa shape index (κ2) is 7.44. The van der Waals surface area contributed by atoms with Gasteiger partial charge < -0.3 is 0 Å². The fraction of sp³-hybridized carbons (Fsp3) is 0.815. The number of carbonyl (C=O) groups is 1. The quantitative estimate of drug-likeness (QED) is 0.485. The summed E-state index contributed by atoms with van der Waals surface area (Å²) in [5, 5.41) is 0. The maximum absolute atomic E-state index is 13.1. The van der Waals surface area contributed by atoms with Crippen molar-refractivity contribution in [3.05, 3.63) is 23.8 Å². The molecule has 0 heterocycles. The van der Waals surface area contributed by atoms with Crippen LogP contribution in [-0.2, 0) is 4.79 Å². The standard InChI is InChI=1S/C27H42O/c1-18(2)9-8-10-19(3)21-12-13-22-20-17-25(28)24-11-6-7-15-26(24,4)23(20)14-16-27(21,22)5/h6-7,11,18-23H,8-10,12-17H2,1-5H3/t19-,20+,21-,22+,23+,26-,27-/m1/s1. The highest BCUT2D eigenvalue weighted by Crippen LogP contribution is 2.67. The number of allylic oxidation sites excluding steroid dienone is 4. The first-order chi connectivity index (χ1) is 13.3. The predicted octanol–water partition coefficient (Wildman–Crippen LogP) is 7.37. The number of carbonyl (C=O) groups excluding carboxylic acids is 1. The zero-order chi connectivity index (χ0) is 20.1. The van der Waals surface area contributed by atoms with E-state index in [0.717, 1.165) is 48.0 Å². The fourth-order valence-electron chi connectivity index (χ4n) is 8.25. The number of rotatable bonds is 5. The zero-order valence-corrected chi connectivity index (χ0v) is 19.0. The molecule has 3 saturated carbocycles. The maximum Gasteiger partial charge on any atom is 0.159 e. The van der Waals surface area contributed by atoms with E-state index < -0.39 is 0 Å². The first-order valence-electron chi connectivity index (χ1n) is 12.2. The van der Waals surface area contributed by atoms with Gasteiger partial charge in [-0.1, -0.05) is 72.1 Å². The molecule has 0 spiro atoms. The van der Waals surface area contributed by atoms with E-state index in [-0.39, 0.29) is 5.41 Å². The van der Waals surface area contributed by atoms with Crippen LogP contribution >= 0.6 is 0 Å². The Morgan fingerprint density at radius 1 is 1.07 bits per heavy atom. The van der Waals surface area contributed by atoms with Gasteiger partial charge in [0, 0.05) is 17.4 Å². The molecule has 1 nitrogen and oxygen atoms in total. The van der Waals surface area contributed by atoms with E-state index in [1.54, 1.807) is 0 Å². The van der Waals surface area contributed by atoms with Gasteiger partial charge in [-0.05, 0) is 73.0 Å². The van der Waals surface area contributed by atoms with Crippen molar-refractivity contribution in [2.75, 3.05) is 0 Å². The first kappa shape index (κ1) is 20.4. The normalized spacial score (nSPS) is 43.4. The monoisotopic (exact) mass is 382 g/mol.